The Bertz CT molecular complexity index is 1030. The van der Waals surface area contributed by atoms with E-state index in [0.717, 1.165) is 5.56 Å². The van der Waals surface area contributed by atoms with Gasteiger partial charge in [0.1, 0.15) is 17.6 Å². The number of aliphatic hydroxyl groups is 1. The van der Waals surface area contributed by atoms with Gasteiger partial charge in [-0.2, -0.15) is 0 Å². The minimum absolute atomic E-state index is 0.0488. The Morgan fingerprint density at radius 1 is 0.912 bits per heavy atom. The molecule has 7 heteroatoms. The lowest BCUT2D eigenvalue weighted by Gasteiger charge is -2.31. The maximum atomic E-state index is 13.5. The molecule has 0 aliphatic heterocycles. The van der Waals surface area contributed by atoms with Crippen LogP contribution in [0.4, 0.5) is 4.39 Å². The van der Waals surface area contributed by atoms with Crippen molar-refractivity contribution >= 4 is 11.8 Å². The van der Waals surface area contributed by atoms with Crippen molar-refractivity contribution in [2.75, 3.05) is 19.8 Å². The molecule has 0 spiro atoms. The number of benzene rings is 3. The predicted molar refractivity (Wildman–Crippen MR) is 128 cm³/mol. The summed E-state index contributed by atoms with van der Waals surface area (Å²) in [5.74, 6) is -0.528. The molecule has 0 aromatic heterocycles. The Morgan fingerprint density at radius 2 is 1.56 bits per heavy atom. The number of halogens is 1. The lowest BCUT2D eigenvalue weighted by Crippen LogP contribution is -2.51. The lowest BCUT2D eigenvalue weighted by atomic mass is 10.0. The van der Waals surface area contributed by atoms with Crippen LogP contribution in [0.5, 0.6) is 5.75 Å². The standard InChI is InChI=1S/C27H29FN2O4/c28-23-14-12-22(13-15-23)19-30(26(32)20-34-24-10-5-2-6-11-24)25(27(33)29-16-7-17-31)18-21-8-3-1-4-9-21/h1-6,8-15,25,31H,7,16-20H2,(H,29,33)/t25-/m0/s1. The highest BCUT2D eigenvalue weighted by Gasteiger charge is 2.30. The van der Waals surface area contributed by atoms with E-state index in [1.165, 1.54) is 17.0 Å². The van der Waals surface area contributed by atoms with Gasteiger partial charge in [-0.1, -0.05) is 60.7 Å². The molecular weight excluding hydrogens is 435 g/mol. The van der Waals surface area contributed by atoms with Crippen LogP contribution in [0.15, 0.2) is 84.9 Å². The fourth-order valence-corrected chi connectivity index (χ4v) is 3.49. The van der Waals surface area contributed by atoms with Crippen LogP contribution in [0.2, 0.25) is 0 Å². The van der Waals surface area contributed by atoms with Gasteiger partial charge in [-0.25, -0.2) is 4.39 Å². The Labute approximate surface area is 199 Å². The summed E-state index contributed by atoms with van der Waals surface area (Å²) in [5, 5.41) is 11.9. The average Bonchev–Trinajstić information content (AvgIpc) is 2.87. The van der Waals surface area contributed by atoms with Gasteiger partial charge in [0, 0.05) is 26.1 Å². The summed E-state index contributed by atoms with van der Waals surface area (Å²) in [4.78, 5) is 28.0. The van der Waals surface area contributed by atoms with Crippen LogP contribution in [-0.2, 0) is 22.6 Å². The van der Waals surface area contributed by atoms with Crippen LogP contribution in [-0.4, -0.2) is 47.6 Å². The summed E-state index contributed by atoms with van der Waals surface area (Å²) >= 11 is 0. The largest absolute Gasteiger partial charge is 0.484 e. The Balaban J connectivity index is 1.86. The second kappa shape index (κ2) is 13.1. The van der Waals surface area contributed by atoms with Gasteiger partial charge in [-0.15, -0.1) is 0 Å². The van der Waals surface area contributed by atoms with Gasteiger partial charge in [-0.3, -0.25) is 9.59 Å². The molecule has 0 saturated carbocycles. The summed E-state index contributed by atoms with van der Waals surface area (Å²) in [7, 11) is 0. The number of carbonyl (C=O) groups is 2. The van der Waals surface area contributed by atoms with Gasteiger partial charge >= 0.3 is 0 Å². The Hall–Kier alpha value is -3.71. The number of carbonyl (C=O) groups excluding carboxylic acids is 2. The van der Waals surface area contributed by atoms with Crippen LogP contribution in [0.25, 0.3) is 0 Å². The zero-order chi connectivity index (χ0) is 24.2. The van der Waals surface area contributed by atoms with E-state index in [-0.39, 0.29) is 37.4 Å². The van der Waals surface area contributed by atoms with E-state index in [2.05, 4.69) is 5.32 Å². The smallest absolute Gasteiger partial charge is 0.261 e. The van der Waals surface area contributed by atoms with Crippen molar-refractivity contribution in [1.29, 1.82) is 0 Å². The van der Waals surface area contributed by atoms with Gasteiger partial charge in [0.05, 0.1) is 0 Å². The molecule has 0 saturated heterocycles. The van der Waals surface area contributed by atoms with E-state index in [9.17, 15) is 14.0 Å². The van der Waals surface area contributed by atoms with Gasteiger partial charge in [0.2, 0.25) is 5.91 Å². The molecular formula is C27H29FN2O4. The number of hydrogen-bond donors (Lipinski definition) is 2. The quantitative estimate of drug-likeness (QED) is 0.403. The molecule has 3 rings (SSSR count). The van der Waals surface area contributed by atoms with Crippen molar-refractivity contribution in [3.05, 3.63) is 102 Å². The minimum Gasteiger partial charge on any atom is -0.484 e. The number of nitrogens with one attached hydrogen (secondary N) is 1. The van der Waals surface area contributed by atoms with E-state index >= 15 is 0 Å². The summed E-state index contributed by atoms with van der Waals surface area (Å²) < 4.78 is 19.1. The van der Waals surface area contributed by atoms with Gasteiger partial charge < -0.3 is 20.1 Å². The molecule has 0 bridgehead atoms. The SMILES string of the molecule is O=C(NCCCO)[C@H](Cc1ccccc1)N(Cc1ccc(F)cc1)C(=O)COc1ccccc1. The molecule has 34 heavy (non-hydrogen) atoms. The van der Waals surface area contributed by atoms with Crippen LogP contribution < -0.4 is 10.1 Å². The summed E-state index contributed by atoms with van der Waals surface area (Å²) in [6.07, 6.45) is 0.705. The Kier molecular flexibility index (Phi) is 9.61. The van der Waals surface area contributed by atoms with Crippen LogP contribution in [0, 0.1) is 5.82 Å². The van der Waals surface area contributed by atoms with E-state index < -0.39 is 6.04 Å². The topological polar surface area (TPSA) is 78.9 Å². The first kappa shape index (κ1) is 24.9. The minimum atomic E-state index is -0.821. The molecule has 0 unspecified atom stereocenters. The molecule has 6 nitrogen and oxygen atoms in total. The fourth-order valence-electron chi connectivity index (χ4n) is 3.49. The second-order valence-corrected chi connectivity index (χ2v) is 7.82. The van der Waals surface area contributed by atoms with Crippen molar-refractivity contribution in [1.82, 2.24) is 10.2 Å². The summed E-state index contributed by atoms with van der Waals surface area (Å²) in [6.45, 7) is 0.106. The molecule has 0 aliphatic carbocycles. The van der Waals surface area contributed by atoms with Gasteiger partial charge in [-0.05, 0) is 41.8 Å². The normalized spacial score (nSPS) is 11.5. The average molecular weight is 465 g/mol. The third-order valence-electron chi connectivity index (χ3n) is 5.28. The zero-order valence-corrected chi connectivity index (χ0v) is 18.9. The predicted octanol–water partition coefficient (Wildman–Crippen LogP) is 3.34. The number of para-hydroxylation sites is 1. The van der Waals surface area contributed by atoms with E-state index in [1.807, 2.05) is 48.5 Å². The maximum Gasteiger partial charge on any atom is 0.261 e. The highest BCUT2D eigenvalue weighted by Crippen LogP contribution is 2.16. The van der Waals surface area contributed by atoms with Crippen LogP contribution >= 0.6 is 0 Å². The van der Waals surface area contributed by atoms with Gasteiger partial charge in [0.15, 0.2) is 6.61 Å². The number of hydrogen-bond acceptors (Lipinski definition) is 4. The zero-order valence-electron chi connectivity index (χ0n) is 18.9. The molecule has 3 aromatic carbocycles. The van der Waals surface area contributed by atoms with Crippen molar-refractivity contribution < 1.29 is 23.8 Å². The molecule has 1 atom stereocenters. The molecule has 0 radical (unpaired) electrons. The monoisotopic (exact) mass is 464 g/mol. The molecule has 178 valence electrons. The molecule has 2 N–H and O–H groups in total. The number of ether oxygens (including phenoxy) is 1. The molecule has 3 aromatic rings. The van der Waals surface area contributed by atoms with Gasteiger partial charge in [0.25, 0.3) is 5.91 Å². The number of rotatable bonds is 12. The number of amides is 2. The maximum absolute atomic E-state index is 13.5. The molecule has 0 heterocycles. The van der Waals surface area contributed by atoms with E-state index in [1.54, 1.807) is 24.3 Å². The first-order valence-electron chi connectivity index (χ1n) is 11.2. The second-order valence-electron chi connectivity index (χ2n) is 7.82. The first-order chi connectivity index (χ1) is 16.6. The number of aliphatic hydroxyl groups excluding tert-OH is 1. The molecule has 2 amide bonds. The highest BCUT2D eigenvalue weighted by atomic mass is 19.1. The first-order valence-corrected chi connectivity index (χ1v) is 11.2. The van der Waals surface area contributed by atoms with Crippen LogP contribution in [0.1, 0.15) is 17.5 Å². The third kappa shape index (κ3) is 7.71. The fraction of sp³-hybridized carbons (Fsp3) is 0.259. The van der Waals surface area contributed by atoms with Crippen molar-refractivity contribution in [3.63, 3.8) is 0 Å². The molecule has 0 aliphatic rings. The van der Waals surface area contributed by atoms with Crippen molar-refractivity contribution in [2.45, 2.75) is 25.4 Å². The summed E-state index contributed by atoms with van der Waals surface area (Å²) in [6, 6.07) is 23.4. The molecule has 0 fully saturated rings. The van der Waals surface area contributed by atoms with Crippen LogP contribution in [0.3, 0.4) is 0 Å². The van der Waals surface area contributed by atoms with Crippen molar-refractivity contribution in [2.24, 2.45) is 0 Å². The summed E-state index contributed by atoms with van der Waals surface area (Å²) in [5.41, 5.74) is 1.58. The third-order valence-corrected chi connectivity index (χ3v) is 5.28. The van der Waals surface area contributed by atoms with E-state index in [4.69, 9.17) is 9.84 Å². The highest BCUT2D eigenvalue weighted by molar-refractivity contribution is 5.88. The number of nitrogens with zero attached hydrogens (tertiary/aromatic N) is 1. The lowest BCUT2D eigenvalue weighted by molar-refractivity contribution is -0.142. The van der Waals surface area contributed by atoms with E-state index in [0.29, 0.717) is 30.7 Å². The Morgan fingerprint density at radius 3 is 2.21 bits per heavy atom. The van der Waals surface area contributed by atoms with Crippen molar-refractivity contribution in [3.8, 4) is 5.75 Å².